The summed E-state index contributed by atoms with van der Waals surface area (Å²) in [7, 11) is 4.81. The van der Waals surface area contributed by atoms with Crippen molar-refractivity contribution in [3.05, 3.63) is 45.3 Å². The van der Waals surface area contributed by atoms with E-state index in [4.69, 9.17) is 25.8 Å². The maximum absolute atomic E-state index is 13.8. The average Bonchev–Trinajstić information content (AvgIpc) is 2.77. The van der Waals surface area contributed by atoms with E-state index in [0.717, 1.165) is 47.4 Å². The Labute approximate surface area is 219 Å². The maximum atomic E-state index is 13.8. The number of Topliss-reactive ketones (excluding diaryl/α,β-unsaturated/α-hetero) is 2. The molecule has 0 saturated carbocycles. The summed E-state index contributed by atoms with van der Waals surface area (Å²) in [5, 5.41) is 0.394. The fourth-order valence-corrected chi connectivity index (χ4v) is 6.42. The van der Waals surface area contributed by atoms with Crippen molar-refractivity contribution in [2.24, 2.45) is 10.8 Å². The number of nitrogens with zero attached hydrogens (tertiary/aromatic N) is 1. The van der Waals surface area contributed by atoms with Crippen molar-refractivity contribution in [1.82, 2.24) is 4.90 Å². The third-order valence-electron chi connectivity index (χ3n) is 7.54. The number of ketones is 2. The highest BCUT2D eigenvalue weighted by atomic mass is 35.5. The van der Waals surface area contributed by atoms with E-state index in [9.17, 15) is 9.59 Å². The quantitative estimate of drug-likeness (QED) is 0.410. The zero-order chi connectivity index (χ0) is 26.4. The third kappa shape index (κ3) is 4.82. The van der Waals surface area contributed by atoms with Gasteiger partial charge in [0.2, 0.25) is 0 Å². The van der Waals surface area contributed by atoms with Crippen molar-refractivity contribution in [2.75, 3.05) is 34.5 Å². The molecule has 0 spiro atoms. The molecule has 1 aromatic rings. The molecule has 3 aliphatic rings. The lowest BCUT2D eigenvalue weighted by atomic mass is 9.63. The van der Waals surface area contributed by atoms with E-state index < -0.39 is 5.92 Å². The topological polar surface area (TPSA) is 65.1 Å². The Morgan fingerprint density at radius 1 is 0.889 bits per heavy atom. The van der Waals surface area contributed by atoms with Gasteiger partial charge < -0.3 is 19.1 Å². The number of benzene rings is 1. The molecule has 0 radical (unpaired) electrons. The lowest BCUT2D eigenvalue weighted by molar-refractivity contribution is -0.119. The van der Waals surface area contributed by atoms with Gasteiger partial charge in [-0.05, 0) is 47.8 Å². The summed E-state index contributed by atoms with van der Waals surface area (Å²) >= 11 is 6.63. The van der Waals surface area contributed by atoms with Crippen molar-refractivity contribution in [1.29, 1.82) is 0 Å². The van der Waals surface area contributed by atoms with Gasteiger partial charge in [0, 0.05) is 61.6 Å². The fourth-order valence-electron chi connectivity index (χ4n) is 6.12. The Hall–Kier alpha value is -2.31. The van der Waals surface area contributed by atoms with Gasteiger partial charge in [0.05, 0.1) is 19.2 Å². The minimum atomic E-state index is -0.474. The number of carbonyl (C=O) groups excluding carboxylic acids is 2. The molecule has 6 nitrogen and oxygen atoms in total. The largest absolute Gasteiger partial charge is 0.493 e. The van der Waals surface area contributed by atoms with Crippen LogP contribution in [0.4, 0.5) is 0 Å². The lowest BCUT2D eigenvalue weighted by Crippen LogP contribution is -2.44. The summed E-state index contributed by atoms with van der Waals surface area (Å²) in [6, 6.07) is 3.69. The van der Waals surface area contributed by atoms with Gasteiger partial charge >= 0.3 is 0 Å². The predicted octanol–water partition coefficient (Wildman–Crippen LogP) is 6.08. The fraction of sp³-hybridized carbons (Fsp3) is 0.586. The van der Waals surface area contributed by atoms with E-state index in [0.29, 0.717) is 42.5 Å². The van der Waals surface area contributed by atoms with E-state index in [1.54, 1.807) is 21.3 Å². The van der Waals surface area contributed by atoms with Crippen LogP contribution in [0.25, 0.3) is 0 Å². The van der Waals surface area contributed by atoms with Gasteiger partial charge in [0.15, 0.2) is 23.1 Å². The number of allylic oxidation sites excluding steroid dienone is 4. The number of halogens is 1. The second-order valence-corrected chi connectivity index (χ2v) is 12.2. The van der Waals surface area contributed by atoms with Gasteiger partial charge in [-0.1, -0.05) is 39.3 Å². The van der Waals surface area contributed by atoms with Crippen molar-refractivity contribution in [3.63, 3.8) is 0 Å². The molecule has 0 bridgehead atoms. The molecule has 0 aromatic heterocycles. The number of rotatable bonds is 7. The van der Waals surface area contributed by atoms with Crippen LogP contribution in [0.2, 0.25) is 5.02 Å². The van der Waals surface area contributed by atoms with Crippen LogP contribution in [0.5, 0.6) is 11.5 Å². The van der Waals surface area contributed by atoms with Crippen LogP contribution >= 0.6 is 11.6 Å². The first-order valence-corrected chi connectivity index (χ1v) is 13.0. The smallest absolute Gasteiger partial charge is 0.179 e. The molecule has 0 saturated heterocycles. The van der Waals surface area contributed by atoms with Crippen LogP contribution in [-0.4, -0.2) is 50.9 Å². The standard InChI is InChI=1S/C29H38ClNO5/c1-28(2)13-19-25(21(32)15-28)24(17-11-18(30)27(36-7)23(12-17)35-6)26-20(31(19)9-8-10-34-5)14-29(3,4)16-22(26)33/h11-12,24H,8-10,13-16H2,1-7H3. The molecule has 7 heteroatoms. The molecule has 4 rings (SSSR count). The molecule has 0 fully saturated rings. The van der Waals surface area contributed by atoms with Crippen molar-refractivity contribution in [3.8, 4) is 11.5 Å². The monoisotopic (exact) mass is 515 g/mol. The van der Waals surface area contributed by atoms with Crippen LogP contribution in [0.3, 0.4) is 0 Å². The van der Waals surface area contributed by atoms with Gasteiger partial charge in [-0.3, -0.25) is 9.59 Å². The third-order valence-corrected chi connectivity index (χ3v) is 7.82. The molecule has 0 atom stereocenters. The van der Waals surface area contributed by atoms with Crippen LogP contribution in [0.1, 0.15) is 71.3 Å². The minimum Gasteiger partial charge on any atom is -0.493 e. The molecular weight excluding hydrogens is 478 g/mol. The van der Waals surface area contributed by atoms with E-state index in [-0.39, 0.29) is 22.4 Å². The van der Waals surface area contributed by atoms with Crippen molar-refractivity contribution < 1.29 is 23.8 Å². The van der Waals surface area contributed by atoms with Crippen LogP contribution in [0, 0.1) is 10.8 Å². The van der Waals surface area contributed by atoms with Gasteiger partial charge in [-0.25, -0.2) is 0 Å². The zero-order valence-corrected chi connectivity index (χ0v) is 23.3. The first-order chi connectivity index (χ1) is 16.9. The molecule has 0 unspecified atom stereocenters. The molecule has 196 valence electrons. The van der Waals surface area contributed by atoms with E-state index in [1.165, 1.54) is 0 Å². The number of hydrogen-bond donors (Lipinski definition) is 0. The summed E-state index contributed by atoms with van der Waals surface area (Å²) in [5.74, 6) is 0.642. The summed E-state index contributed by atoms with van der Waals surface area (Å²) < 4.78 is 16.4. The van der Waals surface area contributed by atoms with E-state index in [2.05, 4.69) is 32.6 Å². The highest BCUT2D eigenvalue weighted by Gasteiger charge is 2.49. The van der Waals surface area contributed by atoms with E-state index in [1.807, 2.05) is 12.1 Å². The molecular formula is C29H38ClNO5. The highest BCUT2D eigenvalue weighted by Crippen LogP contribution is 2.55. The average molecular weight is 516 g/mol. The summed E-state index contributed by atoms with van der Waals surface area (Å²) in [6.45, 7) is 9.89. The molecule has 1 heterocycles. The van der Waals surface area contributed by atoms with Crippen molar-refractivity contribution in [2.45, 2.75) is 65.7 Å². The Morgan fingerprint density at radius 2 is 1.44 bits per heavy atom. The summed E-state index contributed by atoms with van der Waals surface area (Å²) in [5.41, 5.74) is 3.97. The zero-order valence-electron chi connectivity index (χ0n) is 22.5. The number of methoxy groups -OCH3 is 3. The second-order valence-electron chi connectivity index (χ2n) is 11.8. The number of ether oxygens (including phenoxy) is 3. The summed E-state index contributed by atoms with van der Waals surface area (Å²) in [4.78, 5) is 30.0. The highest BCUT2D eigenvalue weighted by molar-refractivity contribution is 6.32. The van der Waals surface area contributed by atoms with Gasteiger partial charge in [-0.2, -0.15) is 0 Å². The van der Waals surface area contributed by atoms with Crippen LogP contribution in [-0.2, 0) is 14.3 Å². The molecule has 1 aliphatic heterocycles. The Kier molecular flexibility index (Phi) is 7.33. The SMILES string of the molecule is COCCCN1C2=C(C(=O)CC(C)(C)C2)C(c2cc(Cl)c(OC)c(OC)c2)C2=C1CC(C)(C)CC2=O. The molecule has 1 aromatic carbocycles. The first kappa shape index (κ1) is 26.7. The van der Waals surface area contributed by atoms with Gasteiger partial charge in [0.1, 0.15) is 0 Å². The molecule has 0 N–H and O–H groups in total. The Morgan fingerprint density at radius 3 is 1.92 bits per heavy atom. The summed E-state index contributed by atoms with van der Waals surface area (Å²) in [6.07, 6.45) is 3.23. The van der Waals surface area contributed by atoms with Gasteiger partial charge in [0.25, 0.3) is 0 Å². The second kappa shape index (κ2) is 9.86. The predicted molar refractivity (Wildman–Crippen MR) is 141 cm³/mol. The van der Waals surface area contributed by atoms with Crippen LogP contribution in [0.15, 0.2) is 34.7 Å². The molecule has 2 aliphatic carbocycles. The molecule has 0 amide bonds. The molecule has 36 heavy (non-hydrogen) atoms. The van der Waals surface area contributed by atoms with Gasteiger partial charge in [-0.15, -0.1) is 0 Å². The Bertz CT molecular complexity index is 1090. The lowest BCUT2D eigenvalue weighted by Gasteiger charge is -2.49. The Balaban J connectivity index is 1.99. The van der Waals surface area contributed by atoms with E-state index >= 15 is 0 Å². The first-order valence-electron chi connectivity index (χ1n) is 12.6. The minimum absolute atomic E-state index is 0.0954. The number of carbonyl (C=O) groups is 2. The normalized spacial score (nSPS) is 21.5. The maximum Gasteiger partial charge on any atom is 0.179 e. The van der Waals surface area contributed by atoms with Crippen LogP contribution < -0.4 is 9.47 Å². The van der Waals surface area contributed by atoms with Crippen molar-refractivity contribution >= 4 is 23.2 Å². The number of hydrogen-bond acceptors (Lipinski definition) is 6.